The summed E-state index contributed by atoms with van der Waals surface area (Å²) in [4.78, 5) is 27.5. The van der Waals surface area contributed by atoms with E-state index in [9.17, 15) is 9.59 Å². The Morgan fingerprint density at radius 2 is 2.16 bits per heavy atom. The summed E-state index contributed by atoms with van der Waals surface area (Å²) in [6.45, 7) is 3.85. The molecule has 0 saturated heterocycles. The molecule has 0 atom stereocenters. The molecule has 0 spiro atoms. The molecule has 0 aliphatic carbocycles. The van der Waals surface area contributed by atoms with Gasteiger partial charge in [-0.25, -0.2) is 4.98 Å². The molecule has 0 fully saturated rings. The van der Waals surface area contributed by atoms with Crippen LogP contribution in [0.25, 0.3) is 0 Å². The second-order valence-corrected chi connectivity index (χ2v) is 5.99. The van der Waals surface area contributed by atoms with Gasteiger partial charge in [0.1, 0.15) is 5.01 Å². The number of thiazole rings is 1. The standard InChI is InChI=1S/C12H18ClN3O2S/c1-12(2,11(18)14-3)7-15-9(17)4-10-16-8(5-13)6-19-10/h6H,4-5,7H2,1-3H3,(H,14,18)(H,15,17). The van der Waals surface area contributed by atoms with Crippen molar-refractivity contribution in [3.05, 3.63) is 16.1 Å². The third kappa shape index (κ3) is 4.80. The van der Waals surface area contributed by atoms with Gasteiger partial charge in [0.15, 0.2) is 0 Å². The summed E-state index contributed by atoms with van der Waals surface area (Å²) in [6, 6.07) is 0. The number of hydrogen-bond acceptors (Lipinski definition) is 4. The summed E-state index contributed by atoms with van der Waals surface area (Å²) in [5.74, 6) is 0.0980. The molecule has 2 amide bonds. The van der Waals surface area contributed by atoms with Gasteiger partial charge in [-0.3, -0.25) is 9.59 Å². The lowest BCUT2D eigenvalue weighted by molar-refractivity contribution is -0.129. The first-order valence-corrected chi connectivity index (χ1v) is 7.28. The number of carbonyl (C=O) groups excluding carboxylic acids is 2. The summed E-state index contributed by atoms with van der Waals surface area (Å²) in [5, 5.41) is 7.89. The van der Waals surface area contributed by atoms with Crippen LogP contribution in [0.3, 0.4) is 0 Å². The number of rotatable bonds is 6. The average Bonchev–Trinajstić information content (AvgIpc) is 2.83. The molecular weight excluding hydrogens is 286 g/mol. The van der Waals surface area contributed by atoms with Crippen LogP contribution in [-0.2, 0) is 21.9 Å². The molecule has 1 heterocycles. The monoisotopic (exact) mass is 303 g/mol. The van der Waals surface area contributed by atoms with Gasteiger partial charge in [0.05, 0.1) is 23.4 Å². The minimum Gasteiger partial charge on any atom is -0.359 e. The summed E-state index contributed by atoms with van der Waals surface area (Å²) in [5.41, 5.74) is 0.148. The Hall–Kier alpha value is -1.14. The molecule has 0 aliphatic heterocycles. The van der Waals surface area contributed by atoms with Crippen molar-refractivity contribution in [1.29, 1.82) is 0 Å². The highest BCUT2D eigenvalue weighted by molar-refractivity contribution is 7.09. The molecule has 19 heavy (non-hydrogen) atoms. The average molecular weight is 304 g/mol. The Morgan fingerprint density at radius 3 is 2.68 bits per heavy atom. The zero-order valence-corrected chi connectivity index (χ0v) is 12.8. The van der Waals surface area contributed by atoms with E-state index in [4.69, 9.17) is 11.6 Å². The zero-order chi connectivity index (χ0) is 14.5. The Bertz CT molecular complexity index is 460. The van der Waals surface area contributed by atoms with Crippen LogP contribution in [0.4, 0.5) is 0 Å². The van der Waals surface area contributed by atoms with E-state index in [1.807, 2.05) is 5.38 Å². The number of nitrogens with zero attached hydrogens (tertiary/aromatic N) is 1. The molecule has 106 valence electrons. The lowest BCUT2D eigenvalue weighted by Crippen LogP contribution is -2.44. The SMILES string of the molecule is CNC(=O)C(C)(C)CNC(=O)Cc1nc(CCl)cs1. The van der Waals surface area contributed by atoms with E-state index in [0.717, 1.165) is 10.7 Å². The van der Waals surface area contributed by atoms with E-state index in [1.165, 1.54) is 11.3 Å². The molecule has 0 bridgehead atoms. The minimum atomic E-state index is -0.630. The van der Waals surface area contributed by atoms with Crippen molar-refractivity contribution in [3.8, 4) is 0 Å². The molecule has 0 aliphatic rings. The van der Waals surface area contributed by atoms with Crippen LogP contribution in [0.1, 0.15) is 24.5 Å². The van der Waals surface area contributed by atoms with E-state index in [0.29, 0.717) is 12.4 Å². The fourth-order valence-electron chi connectivity index (χ4n) is 1.43. The Morgan fingerprint density at radius 1 is 1.47 bits per heavy atom. The summed E-state index contributed by atoms with van der Waals surface area (Å²) in [7, 11) is 1.58. The van der Waals surface area contributed by atoms with Crippen molar-refractivity contribution in [3.63, 3.8) is 0 Å². The van der Waals surface area contributed by atoms with Gasteiger partial charge < -0.3 is 10.6 Å². The number of nitrogens with one attached hydrogen (secondary N) is 2. The van der Waals surface area contributed by atoms with E-state index in [-0.39, 0.29) is 18.2 Å². The predicted octanol–water partition coefficient (Wildman–Crippen LogP) is 1.31. The van der Waals surface area contributed by atoms with Crippen LogP contribution in [0, 0.1) is 5.41 Å². The van der Waals surface area contributed by atoms with E-state index in [2.05, 4.69) is 15.6 Å². The third-order valence-electron chi connectivity index (χ3n) is 2.62. The molecule has 0 aromatic carbocycles. The van der Waals surface area contributed by atoms with Crippen molar-refractivity contribution < 1.29 is 9.59 Å². The van der Waals surface area contributed by atoms with E-state index in [1.54, 1.807) is 20.9 Å². The molecule has 0 radical (unpaired) electrons. The summed E-state index contributed by atoms with van der Waals surface area (Å²) >= 11 is 7.06. The first kappa shape index (κ1) is 15.9. The van der Waals surface area contributed by atoms with E-state index >= 15 is 0 Å². The Balaban J connectivity index is 2.45. The van der Waals surface area contributed by atoms with Gasteiger partial charge in [0, 0.05) is 19.0 Å². The number of aromatic nitrogens is 1. The fraction of sp³-hybridized carbons (Fsp3) is 0.583. The van der Waals surface area contributed by atoms with Gasteiger partial charge in [-0.05, 0) is 13.8 Å². The van der Waals surface area contributed by atoms with Crippen molar-refractivity contribution in [1.82, 2.24) is 15.6 Å². The van der Waals surface area contributed by atoms with Gasteiger partial charge in [-0.1, -0.05) is 0 Å². The lowest BCUT2D eigenvalue weighted by Gasteiger charge is -2.22. The van der Waals surface area contributed by atoms with Crippen LogP contribution < -0.4 is 10.6 Å². The zero-order valence-electron chi connectivity index (χ0n) is 11.2. The Labute approximate surface area is 121 Å². The largest absolute Gasteiger partial charge is 0.359 e. The number of hydrogen-bond donors (Lipinski definition) is 2. The van der Waals surface area contributed by atoms with Crippen molar-refractivity contribution in [2.45, 2.75) is 26.1 Å². The van der Waals surface area contributed by atoms with Gasteiger partial charge >= 0.3 is 0 Å². The number of halogens is 1. The van der Waals surface area contributed by atoms with Crippen LogP contribution in [0.5, 0.6) is 0 Å². The summed E-state index contributed by atoms with van der Waals surface area (Å²) < 4.78 is 0. The van der Waals surface area contributed by atoms with Crippen LogP contribution in [0.15, 0.2) is 5.38 Å². The highest BCUT2D eigenvalue weighted by atomic mass is 35.5. The van der Waals surface area contributed by atoms with Gasteiger partial charge in [0.25, 0.3) is 0 Å². The molecule has 1 aromatic rings. The van der Waals surface area contributed by atoms with Gasteiger partial charge in [0.2, 0.25) is 11.8 Å². The first-order valence-electron chi connectivity index (χ1n) is 5.87. The van der Waals surface area contributed by atoms with Gasteiger partial charge in [-0.2, -0.15) is 0 Å². The number of carbonyl (C=O) groups is 2. The molecular formula is C12H18ClN3O2S. The van der Waals surface area contributed by atoms with Crippen molar-refractivity contribution in [2.75, 3.05) is 13.6 Å². The van der Waals surface area contributed by atoms with E-state index < -0.39 is 5.41 Å². The number of amides is 2. The molecule has 1 aromatic heterocycles. The molecule has 5 nitrogen and oxygen atoms in total. The molecule has 0 unspecified atom stereocenters. The first-order chi connectivity index (χ1) is 8.89. The second-order valence-electron chi connectivity index (χ2n) is 4.78. The maximum Gasteiger partial charge on any atom is 0.227 e. The fourth-order valence-corrected chi connectivity index (χ4v) is 2.45. The number of alkyl halides is 1. The molecule has 2 N–H and O–H groups in total. The Kier molecular flexibility index (Phi) is 5.75. The highest BCUT2D eigenvalue weighted by Crippen LogP contribution is 2.14. The second kappa shape index (κ2) is 6.86. The molecule has 1 rings (SSSR count). The van der Waals surface area contributed by atoms with Crippen LogP contribution in [-0.4, -0.2) is 30.4 Å². The third-order valence-corrected chi connectivity index (χ3v) is 3.79. The normalized spacial score (nSPS) is 11.2. The highest BCUT2D eigenvalue weighted by Gasteiger charge is 2.27. The minimum absolute atomic E-state index is 0.105. The van der Waals surface area contributed by atoms with Crippen LogP contribution in [0.2, 0.25) is 0 Å². The quantitative estimate of drug-likeness (QED) is 0.779. The van der Waals surface area contributed by atoms with Gasteiger partial charge in [-0.15, -0.1) is 22.9 Å². The molecule has 7 heteroatoms. The van der Waals surface area contributed by atoms with Crippen LogP contribution >= 0.6 is 22.9 Å². The lowest BCUT2D eigenvalue weighted by atomic mass is 9.92. The predicted molar refractivity (Wildman–Crippen MR) is 76.2 cm³/mol. The van der Waals surface area contributed by atoms with Crippen molar-refractivity contribution in [2.24, 2.45) is 5.41 Å². The molecule has 0 saturated carbocycles. The van der Waals surface area contributed by atoms with Crippen molar-refractivity contribution >= 4 is 34.8 Å². The maximum absolute atomic E-state index is 11.8. The maximum atomic E-state index is 11.8. The summed E-state index contributed by atoms with van der Waals surface area (Å²) in [6.07, 6.45) is 0.214. The topological polar surface area (TPSA) is 71.1 Å². The smallest absolute Gasteiger partial charge is 0.227 e.